The van der Waals surface area contributed by atoms with Crippen molar-refractivity contribution in [1.29, 1.82) is 0 Å². The Hall–Kier alpha value is -1.80. The monoisotopic (exact) mass is 361 g/mol. The van der Waals surface area contributed by atoms with Crippen LogP contribution in [0.2, 0.25) is 5.02 Å². The van der Waals surface area contributed by atoms with E-state index in [1.54, 1.807) is 31.2 Å². The zero-order valence-corrected chi connectivity index (χ0v) is 13.3. The molecule has 122 valence electrons. The number of nitrogens with zero attached hydrogens (tertiary/aromatic N) is 2. The molecular formula is C14H11ClF3N3OS. The van der Waals surface area contributed by atoms with Crippen molar-refractivity contribution >= 4 is 35.0 Å². The highest BCUT2D eigenvalue weighted by molar-refractivity contribution is 8.00. The second-order valence-corrected chi connectivity index (χ2v) is 6.23. The molecule has 1 atom stereocenters. The molecule has 1 heterocycles. The van der Waals surface area contributed by atoms with Gasteiger partial charge in [0.05, 0.1) is 5.25 Å². The fraction of sp³-hybridized carbons (Fsp3) is 0.214. The number of alkyl halides is 3. The number of anilines is 1. The van der Waals surface area contributed by atoms with Gasteiger partial charge in [-0.05, 0) is 31.2 Å². The number of benzene rings is 1. The average molecular weight is 362 g/mol. The van der Waals surface area contributed by atoms with E-state index >= 15 is 0 Å². The number of thioether (sulfide) groups is 1. The molecule has 1 unspecified atom stereocenters. The largest absolute Gasteiger partial charge is 0.433 e. The second-order valence-electron chi connectivity index (χ2n) is 4.48. The minimum atomic E-state index is -4.55. The number of halogens is 4. The molecule has 4 nitrogen and oxygen atoms in total. The number of hydrogen-bond donors (Lipinski definition) is 1. The van der Waals surface area contributed by atoms with E-state index in [4.69, 9.17) is 11.6 Å². The summed E-state index contributed by atoms with van der Waals surface area (Å²) in [5, 5.41) is 2.29. The van der Waals surface area contributed by atoms with Crippen LogP contribution in [0, 0.1) is 0 Å². The Labute approximate surface area is 139 Å². The Morgan fingerprint density at radius 3 is 2.74 bits per heavy atom. The molecule has 2 rings (SSSR count). The number of carbonyl (C=O) groups excluding carboxylic acids is 1. The number of hydrogen-bond acceptors (Lipinski definition) is 4. The van der Waals surface area contributed by atoms with Gasteiger partial charge in [-0.3, -0.25) is 4.79 Å². The van der Waals surface area contributed by atoms with Gasteiger partial charge < -0.3 is 5.32 Å². The zero-order valence-electron chi connectivity index (χ0n) is 11.8. The fourth-order valence-electron chi connectivity index (χ4n) is 1.58. The third-order valence-electron chi connectivity index (χ3n) is 2.67. The van der Waals surface area contributed by atoms with Crippen molar-refractivity contribution in [2.45, 2.75) is 23.5 Å². The van der Waals surface area contributed by atoms with E-state index in [1.807, 2.05) is 0 Å². The Kier molecular flexibility index (Phi) is 5.48. The summed E-state index contributed by atoms with van der Waals surface area (Å²) in [4.78, 5) is 19.2. The lowest BCUT2D eigenvalue weighted by atomic mass is 10.3. The van der Waals surface area contributed by atoms with Crippen LogP contribution in [0.5, 0.6) is 0 Å². The van der Waals surface area contributed by atoms with Crippen LogP contribution >= 0.6 is 23.4 Å². The molecule has 1 aromatic heterocycles. The average Bonchev–Trinajstić information content (AvgIpc) is 2.46. The maximum Gasteiger partial charge on any atom is 0.433 e. The highest BCUT2D eigenvalue weighted by atomic mass is 35.5. The van der Waals surface area contributed by atoms with Gasteiger partial charge in [0, 0.05) is 16.9 Å². The van der Waals surface area contributed by atoms with Gasteiger partial charge in [-0.25, -0.2) is 9.97 Å². The SMILES string of the molecule is CC(Sc1nccc(C(F)(F)F)n1)C(=O)Nc1cccc(Cl)c1. The minimum absolute atomic E-state index is 0.117. The summed E-state index contributed by atoms with van der Waals surface area (Å²) in [5.41, 5.74) is -0.544. The molecule has 0 saturated carbocycles. The molecular weight excluding hydrogens is 351 g/mol. The fourth-order valence-corrected chi connectivity index (χ4v) is 2.52. The summed E-state index contributed by atoms with van der Waals surface area (Å²) in [7, 11) is 0. The molecule has 1 aromatic carbocycles. The van der Waals surface area contributed by atoms with Crippen LogP contribution in [0.1, 0.15) is 12.6 Å². The number of amides is 1. The van der Waals surface area contributed by atoms with Gasteiger partial charge in [0.25, 0.3) is 0 Å². The van der Waals surface area contributed by atoms with Crippen LogP contribution in [0.3, 0.4) is 0 Å². The van der Waals surface area contributed by atoms with Crippen LogP contribution in [0.15, 0.2) is 41.7 Å². The molecule has 1 N–H and O–H groups in total. The summed E-state index contributed by atoms with van der Waals surface area (Å²) < 4.78 is 37.8. The Balaban J connectivity index is 2.04. The third-order valence-corrected chi connectivity index (χ3v) is 3.88. The van der Waals surface area contributed by atoms with E-state index in [0.717, 1.165) is 24.0 Å². The standard InChI is InChI=1S/C14H11ClF3N3OS/c1-8(12(22)20-10-4-2-3-9(15)7-10)23-13-19-6-5-11(21-13)14(16,17)18/h2-8H,1H3,(H,20,22). The molecule has 9 heteroatoms. The first-order valence-corrected chi connectivity index (χ1v) is 7.65. The molecule has 1 amide bonds. The van der Waals surface area contributed by atoms with Crippen molar-refractivity contribution in [3.8, 4) is 0 Å². The molecule has 0 bridgehead atoms. The maximum absolute atomic E-state index is 12.6. The van der Waals surface area contributed by atoms with Gasteiger partial charge >= 0.3 is 6.18 Å². The molecule has 0 saturated heterocycles. The summed E-state index contributed by atoms with van der Waals surface area (Å²) in [5.74, 6) is -0.390. The smallest absolute Gasteiger partial charge is 0.325 e. The van der Waals surface area contributed by atoms with Gasteiger partial charge in [0.15, 0.2) is 5.16 Å². The first-order chi connectivity index (χ1) is 10.8. The molecule has 0 radical (unpaired) electrons. The Morgan fingerprint density at radius 2 is 2.09 bits per heavy atom. The van der Waals surface area contributed by atoms with Crippen molar-refractivity contribution in [2.75, 3.05) is 5.32 Å². The molecule has 0 spiro atoms. The summed E-state index contributed by atoms with van der Waals surface area (Å²) in [6.45, 7) is 1.55. The van der Waals surface area contributed by atoms with Gasteiger partial charge in [0.2, 0.25) is 5.91 Å². The van der Waals surface area contributed by atoms with E-state index in [9.17, 15) is 18.0 Å². The lowest BCUT2D eigenvalue weighted by Gasteiger charge is -2.12. The van der Waals surface area contributed by atoms with Crippen LogP contribution in [-0.4, -0.2) is 21.1 Å². The van der Waals surface area contributed by atoms with E-state index in [2.05, 4.69) is 15.3 Å². The Morgan fingerprint density at radius 1 is 1.35 bits per heavy atom. The number of rotatable bonds is 4. The van der Waals surface area contributed by atoms with Crippen molar-refractivity contribution in [1.82, 2.24) is 9.97 Å². The van der Waals surface area contributed by atoms with Gasteiger partial charge in [-0.2, -0.15) is 13.2 Å². The van der Waals surface area contributed by atoms with E-state index in [1.165, 1.54) is 0 Å². The third kappa shape index (κ3) is 5.11. The lowest BCUT2D eigenvalue weighted by molar-refractivity contribution is -0.141. The second kappa shape index (κ2) is 7.18. The quantitative estimate of drug-likeness (QED) is 0.652. The van der Waals surface area contributed by atoms with E-state index < -0.39 is 23.0 Å². The molecule has 23 heavy (non-hydrogen) atoms. The molecule has 0 aliphatic heterocycles. The topological polar surface area (TPSA) is 54.9 Å². The highest BCUT2D eigenvalue weighted by Gasteiger charge is 2.33. The van der Waals surface area contributed by atoms with Crippen molar-refractivity contribution in [2.24, 2.45) is 0 Å². The Bertz CT molecular complexity index is 712. The predicted octanol–water partition coefficient (Wildman–Crippen LogP) is 4.27. The van der Waals surface area contributed by atoms with Crippen molar-refractivity contribution in [3.63, 3.8) is 0 Å². The van der Waals surface area contributed by atoms with Gasteiger partial charge in [-0.1, -0.05) is 29.4 Å². The first kappa shape index (κ1) is 17.6. The lowest BCUT2D eigenvalue weighted by Crippen LogP contribution is -2.22. The van der Waals surface area contributed by atoms with Crippen molar-refractivity contribution < 1.29 is 18.0 Å². The first-order valence-electron chi connectivity index (χ1n) is 6.39. The minimum Gasteiger partial charge on any atom is -0.325 e. The predicted molar refractivity (Wildman–Crippen MR) is 82.4 cm³/mol. The molecule has 0 aliphatic carbocycles. The van der Waals surface area contributed by atoms with Crippen molar-refractivity contribution in [3.05, 3.63) is 47.2 Å². The van der Waals surface area contributed by atoms with Gasteiger partial charge in [0.1, 0.15) is 5.69 Å². The van der Waals surface area contributed by atoms with E-state index in [-0.39, 0.29) is 5.16 Å². The highest BCUT2D eigenvalue weighted by Crippen LogP contribution is 2.29. The molecule has 0 aliphatic rings. The number of carbonyl (C=O) groups is 1. The zero-order chi connectivity index (χ0) is 17.0. The van der Waals surface area contributed by atoms with Crippen LogP contribution in [0.25, 0.3) is 0 Å². The van der Waals surface area contributed by atoms with Crippen LogP contribution in [-0.2, 0) is 11.0 Å². The number of nitrogens with one attached hydrogen (secondary N) is 1. The molecule has 2 aromatic rings. The molecule has 0 fully saturated rings. The normalized spacial score (nSPS) is 12.7. The van der Waals surface area contributed by atoms with E-state index in [0.29, 0.717) is 10.7 Å². The summed E-state index contributed by atoms with van der Waals surface area (Å²) in [6, 6.07) is 7.33. The van der Waals surface area contributed by atoms with Crippen LogP contribution in [0.4, 0.5) is 18.9 Å². The van der Waals surface area contributed by atoms with Crippen LogP contribution < -0.4 is 5.32 Å². The summed E-state index contributed by atoms with van der Waals surface area (Å²) >= 11 is 6.65. The maximum atomic E-state index is 12.6. The van der Waals surface area contributed by atoms with Gasteiger partial charge in [-0.15, -0.1) is 0 Å². The summed E-state index contributed by atoms with van der Waals surface area (Å²) in [6.07, 6.45) is -3.54. The number of aromatic nitrogens is 2.